The zero-order valence-corrected chi connectivity index (χ0v) is 10.9. The summed E-state index contributed by atoms with van der Waals surface area (Å²) >= 11 is 0. The Kier molecular flexibility index (Phi) is 3.70. The van der Waals surface area contributed by atoms with Gasteiger partial charge in [-0.25, -0.2) is 13.6 Å². The number of hydrogen-bond acceptors (Lipinski definition) is 4. The van der Waals surface area contributed by atoms with Crippen molar-refractivity contribution in [3.8, 4) is 0 Å². The van der Waals surface area contributed by atoms with Crippen molar-refractivity contribution < 1.29 is 12.8 Å². The molecular weight excluding hydrogens is 252 g/mol. The molecule has 0 fully saturated rings. The van der Waals surface area contributed by atoms with E-state index in [1.807, 2.05) is 37.3 Å². The third-order valence-electron chi connectivity index (χ3n) is 2.71. The Balaban J connectivity index is 2.02. The molecule has 0 aliphatic rings. The van der Waals surface area contributed by atoms with Crippen molar-refractivity contribution in [2.45, 2.75) is 13.0 Å². The molecule has 18 heavy (non-hydrogen) atoms. The van der Waals surface area contributed by atoms with Crippen LogP contribution in [0, 0.1) is 0 Å². The molecule has 1 atom stereocenters. The van der Waals surface area contributed by atoms with Crippen LogP contribution in [-0.2, 0) is 10.0 Å². The van der Waals surface area contributed by atoms with Crippen LogP contribution < -0.4 is 10.5 Å². The van der Waals surface area contributed by atoms with Gasteiger partial charge in [0.2, 0.25) is 10.0 Å². The molecule has 1 aromatic carbocycles. The quantitative estimate of drug-likeness (QED) is 0.857. The zero-order chi connectivity index (χ0) is 13.2. The van der Waals surface area contributed by atoms with Crippen LogP contribution in [0.2, 0.25) is 0 Å². The Morgan fingerprint density at radius 3 is 2.78 bits per heavy atom. The first kappa shape index (κ1) is 13.1. The van der Waals surface area contributed by atoms with Crippen LogP contribution in [0.1, 0.15) is 18.7 Å². The number of nitrogens with one attached hydrogen (secondary N) is 1. The summed E-state index contributed by atoms with van der Waals surface area (Å²) in [6, 6.07) is 9.62. The van der Waals surface area contributed by atoms with Crippen LogP contribution >= 0.6 is 0 Å². The number of sulfonamides is 1. The molecule has 0 radical (unpaired) electrons. The molecular formula is C12H16N2O3S. The van der Waals surface area contributed by atoms with Crippen molar-refractivity contribution in [1.82, 2.24) is 5.32 Å². The summed E-state index contributed by atoms with van der Waals surface area (Å²) in [4.78, 5) is 0. The number of para-hydroxylation sites is 1. The fourth-order valence-corrected chi connectivity index (χ4v) is 2.14. The monoisotopic (exact) mass is 268 g/mol. The van der Waals surface area contributed by atoms with E-state index in [9.17, 15) is 8.42 Å². The lowest BCUT2D eigenvalue weighted by Gasteiger charge is -2.10. The van der Waals surface area contributed by atoms with Gasteiger partial charge in [-0.05, 0) is 19.1 Å². The maximum Gasteiger partial charge on any atom is 0.210 e. The second kappa shape index (κ2) is 5.09. The Morgan fingerprint density at radius 1 is 1.39 bits per heavy atom. The molecule has 1 unspecified atom stereocenters. The normalized spacial score (nSPS) is 13.9. The Bertz CT molecular complexity index is 601. The summed E-state index contributed by atoms with van der Waals surface area (Å²) in [5.41, 5.74) is 0.826. The van der Waals surface area contributed by atoms with E-state index in [2.05, 4.69) is 5.32 Å². The number of fused-ring (bicyclic) bond motifs is 1. The van der Waals surface area contributed by atoms with E-state index in [0.29, 0.717) is 6.54 Å². The SMILES string of the molecule is CC(NCCS(N)(=O)=O)c1cc2ccccc2o1. The average Bonchev–Trinajstić information content (AvgIpc) is 2.70. The Morgan fingerprint density at radius 2 is 2.11 bits per heavy atom. The van der Waals surface area contributed by atoms with Crippen molar-refractivity contribution in [3.05, 3.63) is 36.1 Å². The maximum atomic E-state index is 10.8. The largest absolute Gasteiger partial charge is 0.459 e. The molecule has 5 nitrogen and oxygen atoms in total. The van der Waals surface area contributed by atoms with Crippen LogP contribution in [0.25, 0.3) is 11.0 Å². The van der Waals surface area contributed by atoms with Crippen molar-refractivity contribution >= 4 is 21.0 Å². The highest BCUT2D eigenvalue weighted by Gasteiger charge is 2.11. The van der Waals surface area contributed by atoms with Gasteiger partial charge in [0.25, 0.3) is 0 Å². The first-order chi connectivity index (χ1) is 8.46. The number of furan rings is 1. The summed E-state index contributed by atoms with van der Waals surface area (Å²) in [6.07, 6.45) is 0. The molecule has 0 saturated heterocycles. The van der Waals surface area contributed by atoms with Gasteiger partial charge in [0.1, 0.15) is 11.3 Å². The predicted molar refractivity (Wildman–Crippen MR) is 70.6 cm³/mol. The standard InChI is InChI=1S/C12H16N2O3S/c1-9(14-6-7-18(13,15)16)12-8-10-4-2-3-5-11(10)17-12/h2-5,8-9,14H,6-7H2,1H3,(H2,13,15,16). The van der Waals surface area contributed by atoms with Crippen molar-refractivity contribution in [2.24, 2.45) is 5.14 Å². The van der Waals surface area contributed by atoms with Gasteiger partial charge >= 0.3 is 0 Å². The Labute approximate surface area is 106 Å². The molecule has 0 bridgehead atoms. The number of hydrogen-bond donors (Lipinski definition) is 2. The zero-order valence-electron chi connectivity index (χ0n) is 10.1. The van der Waals surface area contributed by atoms with E-state index in [-0.39, 0.29) is 11.8 Å². The molecule has 98 valence electrons. The highest BCUT2D eigenvalue weighted by Crippen LogP contribution is 2.23. The molecule has 6 heteroatoms. The lowest BCUT2D eigenvalue weighted by molar-refractivity contribution is 0.459. The first-order valence-corrected chi connectivity index (χ1v) is 7.39. The van der Waals surface area contributed by atoms with E-state index in [1.165, 1.54) is 0 Å². The van der Waals surface area contributed by atoms with Gasteiger partial charge in [-0.1, -0.05) is 18.2 Å². The molecule has 0 aliphatic heterocycles. The van der Waals surface area contributed by atoms with Crippen molar-refractivity contribution in [1.29, 1.82) is 0 Å². The van der Waals surface area contributed by atoms with Crippen LogP contribution in [0.3, 0.4) is 0 Å². The average molecular weight is 268 g/mol. The molecule has 1 heterocycles. The molecule has 0 aliphatic carbocycles. The molecule has 0 saturated carbocycles. The van der Waals surface area contributed by atoms with Gasteiger partial charge in [-0.3, -0.25) is 0 Å². The van der Waals surface area contributed by atoms with Crippen LogP contribution in [0.15, 0.2) is 34.7 Å². The molecule has 0 amide bonds. The summed E-state index contributed by atoms with van der Waals surface area (Å²) < 4.78 is 27.3. The first-order valence-electron chi connectivity index (χ1n) is 5.68. The fourth-order valence-electron chi connectivity index (χ4n) is 1.73. The number of rotatable bonds is 5. The van der Waals surface area contributed by atoms with Gasteiger partial charge in [0.05, 0.1) is 11.8 Å². The lowest BCUT2D eigenvalue weighted by Crippen LogP contribution is -2.28. The van der Waals surface area contributed by atoms with E-state index in [0.717, 1.165) is 16.7 Å². The highest BCUT2D eigenvalue weighted by atomic mass is 32.2. The van der Waals surface area contributed by atoms with Gasteiger partial charge in [-0.15, -0.1) is 0 Å². The van der Waals surface area contributed by atoms with Gasteiger partial charge in [0, 0.05) is 11.9 Å². The number of nitrogens with two attached hydrogens (primary N) is 1. The van der Waals surface area contributed by atoms with E-state index in [4.69, 9.17) is 9.56 Å². The fraction of sp³-hybridized carbons (Fsp3) is 0.333. The summed E-state index contributed by atoms with van der Waals surface area (Å²) in [7, 11) is -3.42. The predicted octanol–water partition coefficient (Wildman–Crippen LogP) is 1.37. The molecule has 2 rings (SSSR count). The van der Waals surface area contributed by atoms with Crippen LogP contribution in [0.4, 0.5) is 0 Å². The summed E-state index contributed by atoms with van der Waals surface area (Å²) in [5, 5.41) is 9.03. The smallest absolute Gasteiger partial charge is 0.210 e. The number of benzene rings is 1. The third-order valence-corrected chi connectivity index (χ3v) is 3.48. The van der Waals surface area contributed by atoms with Gasteiger partial charge < -0.3 is 9.73 Å². The highest BCUT2D eigenvalue weighted by molar-refractivity contribution is 7.89. The van der Waals surface area contributed by atoms with Gasteiger partial charge in [-0.2, -0.15) is 0 Å². The second-order valence-electron chi connectivity index (χ2n) is 4.23. The molecule has 2 aromatic rings. The molecule has 0 spiro atoms. The summed E-state index contributed by atoms with van der Waals surface area (Å²) in [5.74, 6) is 0.697. The lowest BCUT2D eigenvalue weighted by atomic mass is 10.2. The Hall–Kier alpha value is -1.37. The second-order valence-corrected chi connectivity index (χ2v) is 5.96. The third kappa shape index (κ3) is 3.32. The molecule has 1 aromatic heterocycles. The van der Waals surface area contributed by atoms with Crippen LogP contribution in [-0.4, -0.2) is 20.7 Å². The van der Waals surface area contributed by atoms with Crippen LogP contribution in [0.5, 0.6) is 0 Å². The van der Waals surface area contributed by atoms with Crippen molar-refractivity contribution in [3.63, 3.8) is 0 Å². The minimum atomic E-state index is -3.42. The minimum absolute atomic E-state index is 0.0563. The minimum Gasteiger partial charge on any atom is -0.459 e. The van der Waals surface area contributed by atoms with E-state index < -0.39 is 10.0 Å². The summed E-state index contributed by atoms with van der Waals surface area (Å²) in [6.45, 7) is 2.22. The topological polar surface area (TPSA) is 85.3 Å². The maximum absolute atomic E-state index is 10.8. The van der Waals surface area contributed by atoms with Crippen molar-refractivity contribution in [2.75, 3.05) is 12.3 Å². The van der Waals surface area contributed by atoms with E-state index in [1.54, 1.807) is 0 Å². The number of primary sulfonamides is 1. The van der Waals surface area contributed by atoms with E-state index >= 15 is 0 Å². The van der Waals surface area contributed by atoms with Gasteiger partial charge in [0.15, 0.2) is 0 Å². The molecule has 3 N–H and O–H groups in total.